The van der Waals surface area contributed by atoms with E-state index in [1.807, 2.05) is 0 Å². The van der Waals surface area contributed by atoms with Gasteiger partial charge in [0.05, 0.1) is 37.0 Å². The van der Waals surface area contributed by atoms with E-state index in [0.29, 0.717) is 16.3 Å². The number of hydrazone groups is 1. The lowest BCUT2D eigenvalue weighted by atomic mass is 10.1. The zero-order valence-corrected chi connectivity index (χ0v) is 14.1. The molecule has 0 fully saturated rings. The van der Waals surface area contributed by atoms with Crippen LogP contribution in [0, 0.1) is 10.1 Å². The Hall–Kier alpha value is -3.13. The SMILES string of the molecule is COc1cc(/C=N\NC(=O)c2cccc(Cl)c2)c([N+](=O)[O-])cc1OC. The summed E-state index contributed by atoms with van der Waals surface area (Å²) in [6.45, 7) is 0. The molecule has 1 N–H and O–H groups in total. The third-order valence-electron chi connectivity index (χ3n) is 3.19. The Labute approximate surface area is 148 Å². The van der Waals surface area contributed by atoms with E-state index in [-0.39, 0.29) is 17.0 Å². The van der Waals surface area contributed by atoms with Crippen molar-refractivity contribution in [3.63, 3.8) is 0 Å². The smallest absolute Gasteiger partial charge is 0.282 e. The number of rotatable bonds is 6. The predicted molar refractivity (Wildman–Crippen MR) is 92.7 cm³/mol. The maximum Gasteiger partial charge on any atom is 0.282 e. The molecular formula is C16H14ClN3O5. The number of carbonyl (C=O) groups is 1. The molecule has 8 nitrogen and oxygen atoms in total. The average molecular weight is 364 g/mol. The molecule has 0 bridgehead atoms. The fourth-order valence-electron chi connectivity index (χ4n) is 2.00. The van der Waals surface area contributed by atoms with Crippen LogP contribution < -0.4 is 14.9 Å². The van der Waals surface area contributed by atoms with Crippen LogP contribution in [0.1, 0.15) is 15.9 Å². The van der Waals surface area contributed by atoms with Crippen molar-refractivity contribution in [2.24, 2.45) is 5.10 Å². The highest BCUT2D eigenvalue weighted by atomic mass is 35.5. The number of ether oxygens (including phenoxy) is 2. The summed E-state index contributed by atoms with van der Waals surface area (Å²) in [6, 6.07) is 8.92. The summed E-state index contributed by atoms with van der Waals surface area (Å²) in [5.41, 5.74) is 2.51. The standard InChI is InChI=1S/C16H14ClN3O5/c1-24-14-7-11(13(20(22)23)8-15(14)25-2)9-18-19-16(21)10-4-3-5-12(17)6-10/h3-9H,1-2H3,(H,19,21)/b18-9-. The molecule has 2 aromatic carbocycles. The topological polar surface area (TPSA) is 103 Å². The molecule has 0 saturated heterocycles. The van der Waals surface area contributed by atoms with E-state index in [1.165, 1.54) is 32.4 Å². The number of benzene rings is 2. The number of hydrogen-bond acceptors (Lipinski definition) is 6. The second kappa shape index (κ2) is 8.11. The molecule has 0 aliphatic heterocycles. The van der Waals surface area contributed by atoms with Crippen LogP contribution in [0.4, 0.5) is 5.69 Å². The van der Waals surface area contributed by atoms with Crippen molar-refractivity contribution >= 4 is 29.4 Å². The van der Waals surface area contributed by atoms with Crippen molar-refractivity contribution in [1.82, 2.24) is 5.43 Å². The Balaban J connectivity index is 2.25. The minimum atomic E-state index is -0.581. The van der Waals surface area contributed by atoms with Crippen molar-refractivity contribution in [3.05, 3.63) is 62.7 Å². The fourth-order valence-corrected chi connectivity index (χ4v) is 2.19. The second-order valence-electron chi connectivity index (χ2n) is 4.73. The molecule has 2 aromatic rings. The molecule has 9 heteroatoms. The summed E-state index contributed by atoms with van der Waals surface area (Å²) in [5.74, 6) is 0.0203. The van der Waals surface area contributed by atoms with Gasteiger partial charge in [0.25, 0.3) is 11.6 Å². The van der Waals surface area contributed by atoms with E-state index in [2.05, 4.69) is 10.5 Å². The quantitative estimate of drug-likeness (QED) is 0.482. The second-order valence-corrected chi connectivity index (χ2v) is 5.17. The molecule has 25 heavy (non-hydrogen) atoms. The molecule has 0 unspecified atom stereocenters. The summed E-state index contributed by atoms with van der Waals surface area (Å²) in [7, 11) is 2.78. The van der Waals surface area contributed by atoms with Gasteiger partial charge in [0.2, 0.25) is 0 Å². The minimum Gasteiger partial charge on any atom is -0.493 e. The van der Waals surface area contributed by atoms with Crippen LogP contribution in [0.15, 0.2) is 41.5 Å². The highest BCUT2D eigenvalue weighted by Crippen LogP contribution is 2.33. The van der Waals surface area contributed by atoms with Crippen molar-refractivity contribution in [2.75, 3.05) is 14.2 Å². The van der Waals surface area contributed by atoms with Crippen LogP contribution in [-0.2, 0) is 0 Å². The number of nitro groups is 1. The van der Waals surface area contributed by atoms with Crippen molar-refractivity contribution in [3.8, 4) is 11.5 Å². The third kappa shape index (κ3) is 4.45. The Morgan fingerprint density at radius 1 is 1.24 bits per heavy atom. The molecule has 2 rings (SSSR count). The van der Waals surface area contributed by atoms with E-state index < -0.39 is 10.8 Å². The van der Waals surface area contributed by atoms with Gasteiger partial charge in [-0.2, -0.15) is 5.10 Å². The number of amides is 1. The maximum atomic E-state index is 12.0. The van der Waals surface area contributed by atoms with Gasteiger partial charge in [0, 0.05) is 10.6 Å². The normalized spacial score (nSPS) is 10.5. The van der Waals surface area contributed by atoms with Gasteiger partial charge in [0.15, 0.2) is 11.5 Å². The monoisotopic (exact) mass is 363 g/mol. The minimum absolute atomic E-state index is 0.147. The van der Waals surface area contributed by atoms with Crippen LogP contribution in [-0.4, -0.2) is 31.3 Å². The van der Waals surface area contributed by atoms with Gasteiger partial charge in [-0.05, 0) is 24.3 Å². The molecule has 0 aromatic heterocycles. The third-order valence-corrected chi connectivity index (χ3v) is 3.42. The van der Waals surface area contributed by atoms with Gasteiger partial charge in [-0.3, -0.25) is 14.9 Å². The van der Waals surface area contributed by atoms with Gasteiger partial charge < -0.3 is 9.47 Å². The first-order chi connectivity index (χ1) is 12.0. The van der Waals surface area contributed by atoms with Crippen molar-refractivity contribution < 1.29 is 19.2 Å². The lowest BCUT2D eigenvalue weighted by Gasteiger charge is -2.08. The first-order valence-electron chi connectivity index (χ1n) is 6.95. The van der Waals surface area contributed by atoms with Gasteiger partial charge >= 0.3 is 0 Å². The number of nitrogens with zero attached hydrogens (tertiary/aromatic N) is 2. The lowest BCUT2D eigenvalue weighted by molar-refractivity contribution is -0.385. The summed E-state index contributed by atoms with van der Waals surface area (Å²) in [6.07, 6.45) is 1.16. The molecule has 1 amide bonds. The number of hydrogen-bond donors (Lipinski definition) is 1. The molecule has 130 valence electrons. The zero-order valence-electron chi connectivity index (χ0n) is 13.4. The zero-order chi connectivity index (χ0) is 18.4. The predicted octanol–water partition coefficient (Wildman–Crippen LogP) is 3.03. The van der Waals surface area contributed by atoms with Gasteiger partial charge in [0.1, 0.15) is 0 Å². The largest absolute Gasteiger partial charge is 0.493 e. The first-order valence-corrected chi connectivity index (χ1v) is 7.33. The van der Waals surface area contributed by atoms with E-state index in [0.717, 1.165) is 6.21 Å². The van der Waals surface area contributed by atoms with E-state index in [4.69, 9.17) is 21.1 Å². The fraction of sp³-hybridized carbons (Fsp3) is 0.125. The molecule has 0 radical (unpaired) electrons. The Morgan fingerprint density at radius 2 is 1.92 bits per heavy atom. The Kier molecular flexibility index (Phi) is 5.91. The van der Waals surface area contributed by atoms with Gasteiger partial charge in [-0.1, -0.05) is 17.7 Å². The summed E-state index contributed by atoms with van der Waals surface area (Å²) >= 11 is 5.82. The number of halogens is 1. The average Bonchev–Trinajstić information content (AvgIpc) is 2.60. The van der Waals surface area contributed by atoms with Gasteiger partial charge in [-0.25, -0.2) is 5.43 Å². The van der Waals surface area contributed by atoms with E-state index >= 15 is 0 Å². The first kappa shape index (κ1) is 18.2. The van der Waals surface area contributed by atoms with Crippen LogP contribution >= 0.6 is 11.6 Å². The lowest BCUT2D eigenvalue weighted by Crippen LogP contribution is -2.17. The van der Waals surface area contributed by atoms with Crippen molar-refractivity contribution in [1.29, 1.82) is 0 Å². The van der Waals surface area contributed by atoms with Crippen LogP contribution in [0.5, 0.6) is 11.5 Å². The molecular weight excluding hydrogens is 350 g/mol. The molecule has 0 atom stereocenters. The number of carbonyl (C=O) groups excluding carboxylic acids is 1. The molecule has 0 saturated carbocycles. The molecule has 0 spiro atoms. The Bertz CT molecular complexity index is 839. The summed E-state index contributed by atoms with van der Waals surface area (Å²) in [4.78, 5) is 22.6. The number of methoxy groups -OCH3 is 2. The van der Waals surface area contributed by atoms with E-state index in [1.54, 1.807) is 18.2 Å². The van der Waals surface area contributed by atoms with Gasteiger partial charge in [-0.15, -0.1) is 0 Å². The van der Waals surface area contributed by atoms with Crippen LogP contribution in [0.3, 0.4) is 0 Å². The highest BCUT2D eigenvalue weighted by Gasteiger charge is 2.18. The van der Waals surface area contributed by atoms with E-state index in [9.17, 15) is 14.9 Å². The van der Waals surface area contributed by atoms with Crippen LogP contribution in [0.25, 0.3) is 0 Å². The molecule has 0 aliphatic carbocycles. The Morgan fingerprint density at radius 3 is 2.52 bits per heavy atom. The number of nitrogens with one attached hydrogen (secondary N) is 1. The van der Waals surface area contributed by atoms with Crippen LogP contribution in [0.2, 0.25) is 5.02 Å². The highest BCUT2D eigenvalue weighted by molar-refractivity contribution is 6.30. The summed E-state index contributed by atoms with van der Waals surface area (Å²) in [5, 5.41) is 15.4. The molecule has 0 aliphatic rings. The molecule has 0 heterocycles. The summed E-state index contributed by atoms with van der Waals surface area (Å²) < 4.78 is 10.1. The van der Waals surface area contributed by atoms with Crippen molar-refractivity contribution in [2.45, 2.75) is 0 Å². The maximum absolute atomic E-state index is 12.0. The number of nitro benzene ring substituents is 1.